The molecule has 0 aromatic rings. The van der Waals surface area contributed by atoms with Crippen molar-refractivity contribution in [2.75, 3.05) is 33.4 Å². The number of carbonyl (C=O) groups excluding carboxylic acids is 1. The summed E-state index contributed by atoms with van der Waals surface area (Å²) in [5.41, 5.74) is 0. The molecule has 1 aliphatic rings. The summed E-state index contributed by atoms with van der Waals surface area (Å²) < 4.78 is 5.27. The molecule has 4 nitrogen and oxygen atoms in total. The van der Waals surface area contributed by atoms with Crippen LogP contribution in [-0.2, 0) is 9.53 Å². The highest BCUT2D eigenvalue weighted by atomic mass is 16.5. The Morgan fingerprint density at radius 1 is 1.36 bits per heavy atom. The molecule has 1 saturated heterocycles. The fourth-order valence-electron chi connectivity index (χ4n) is 1.89. The lowest BCUT2D eigenvalue weighted by atomic mass is 10.0. The monoisotopic (exact) mass is 200 g/mol. The molecule has 1 N–H and O–H groups in total. The first kappa shape index (κ1) is 11.5. The van der Waals surface area contributed by atoms with Crippen molar-refractivity contribution in [3.63, 3.8) is 0 Å². The van der Waals surface area contributed by atoms with E-state index in [2.05, 4.69) is 24.1 Å². The van der Waals surface area contributed by atoms with Gasteiger partial charge in [-0.05, 0) is 5.92 Å². The van der Waals surface area contributed by atoms with E-state index in [1.807, 2.05) is 0 Å². The Labute approximate surface area is 85.6 Å². The summed E-state index contributed by atoms with van der Waals surface area (Å²) in [6, 6.07) is -0.0103. The minimum atomic E-state index is -0.0103. The van der Waals surface area contributed by atoms with Crippen LogP contribution in [0.1, 0.15) is 13.8 Å². The minimum absolute atomic E-state index is 0.0103. The first-order valence-electron chi connectivity index (χ1n) is 5.20. The van der Waals surface area contributed by atoms with Crippen LogP contribution < -0.4 is 5.32 Å². The van der Waals surface area contributed by atoms with Gasteiger partial charge in [-0.25, -0.2) is 0 Å². The van der Waals surface area contributed by atoms with Crippen LogP contribution in [-0.4, -0.2) is 50.2 Å². The summed E-state index contributed by atoms with van der Waals surface area (Å²) in [5.74, 6) is 0.454. The van der Waals surface area contributed by atoms with E-state index in [1.54, 1.807) is 7.05 Å². The van der Waals surface area contributed by atoms with Gasteiger partial charge in [-0.2, -0.15) is 0 Å². The van der Waals surface area contributed by atoms with Gasteiger partial charge in [0.15, 0.2) is 0 Å². The van der Waals surface area contributed by atoms with E-state index in [0.29, 0.717) is 5.92 Å². The van der Waals surface area contributed by atoms with Gasteiger partial charge >= 0.3 is 0 Å². The molecule has 1 amide bonds. The van der Waals surface area contributed by atoms with E-state index >= 15 is 0 Å². The molecule has 14 heavy (non-hydrogen) atoms. The molecule has 1 rings (SSSR count). The summed E-state index contributed by atoms with van der Waals surface area (Å²) in [4.78, 5) is 13.9. The van der Waals surface area contributed by atoms with Crippen molar-refractivity contribution in [3.05, 3.63) is 0 Å². The number of likely N-dealkylation sites (N-methyl/N-ethyl adjacent to an activating group) is 1. The maximum atomic E-state index is 11.7. The van der Waals surface area contributed by atoms with Crippen molar-refractivity contribution >= 4 is 5.91 Å². The second kappa shape index (κ2) is 5.32. The predicted octanol–water partition coefficient (Wildman–Crippen LogP) is 0.0892. The summed E-state index contributed by atoms with van der Waals surface area (Å²) in [6.07, 6.45) is 0. The van der Waals surface area contributed by atoms with Crippen LogP contribution in [0.15, 0.2) is 0 Å². The van der Waals surface area contributed by atoms with Crippen molar-refractivity contribution in [2.45, 2.75) is 19.9 Å². The number of nitrogens with one attached hydrogen (secondary N) is 1. The van der Waals surface area contributed by atoms with Crippen molar-refractivity contribution in [2.24, 2.45) is 5.92 Å². The van der Waals surface area contributed by atoms with Gasteiger partial charge in [0.05, 0.1) is 19.3 Å². The Hall–Kier alpha value is -0.610. The maximum Gasteiger partial charge on any atom is 0.237 e. The fourth-order valence-corrected chi connectivity index (χ4v) is 1.89. The van der Waals surface area contributed by atoms with Crippen LogP contribution in [0.25, 0.3) is 0 Å². The Bertz CT molecular complexity index is 189. The van der Waals surface area contributed by atoms with Gasteiger partial charge in [0.25, 0.3) is 0 Å². The molecular formula is C10H20N2O2. The van der Waals surface area contributed by atoms with Gasteiger partial charge in [0.1, 0.15) is 0 Å². The van der Waals surface area contributed by atoms with Gasteiger partial charge in [-0.1, -0.05) is 13.8 Å². The molecular weight excluding hydrogens is 180 g/mol. The van der Waals surface area contributed by atoms with Crippen LogP contribution in [0.3, 0.4) is 0 Å². The topological polar surface area (TPSA) is 41.6 Å². The zero-order valence-corrected chi connectivity index (χ0v) is 9.25. The molecule has 1 fully saturated rings. The highest BCUT2D eigenvalue weighted by Gasteiger charge is 2.29. The van der Waals surface area contributed by atoms with Crippen LogP contribution in [0.4, 0.5) is 0 Å². The normalized spacial score (nSPS) is 20.9. The van der Waals surface area contributed by atoms with E-state index in [1.165, 1.54) is 0 Å². The van der Waals surface area contributed by atoms with Gasteiger partial charge in [-0.15, -0.1) is 0 Å². The second-order valence-corrected chi connectivity index (χ2v) is 3.95. The summed E-state index contributed by atoms with van der Waals surface area (Å²) in [7, 11) is 1.69. The number of rotatable bonds is 3. The SMILES string of the molecule is CNC(=O)[C@H](C(C)C)N1CCOCC1. The van der Waals surface area contributed by atoms with Gasteiger partial charge in [0, 0.05) is 20.1 Å². The number of morpholine rings is 1. The third-order valence-corrected chi connectivity index (χ3v) is 2.59. The van der Waals surface area contributed by atoms with E-state index in [-0.39, 0.29) is 11.9 Å². The largest absolute Gasteiger partial charge is 0.379 e. The molecule has 1 atom stereocenters. The van der Waals surface area contributed by atoms with Crippen LogP contribution in [0.5, 0.6) is 0 Å². The zero-order valence-electron chi connectivity index (χ0n) is 9.25. The van der Waals surface area contributed by atoms with Crippen molar-refractivity contribution in [3.8, 4) is 0 Å². The van der Waals surface area contributed by atoms with Crippen molar-refractivity contribution < 1.29 is 9.53 Å². The highest BCUT2D eigenvalue weighted by Crippen LogP contribution is 2.12. The van der Waals surface area contributed by atoms with Crippen LogP contribution >= 0.6 is 0 Å². The molecule has 0 aromatic carbocycles. The van der Waals surface area contributed by atoms with Crippen molar-refractivity contribution in [1.82, 2.24) is 10.2 Å². The number of hydrogen-bond donors (Lipinski definition) is 1. The number of ether oxygens (including phenoxy) is 1. The smallest absolute Gasteiger partial charge is 0.237 e. The molecule has 0 radical (unpaired) electrons. The average molecular weight is 200 g/mol. The lowest BCUT2D eigenvalue weighted by Crippen LogP contribution is -2.52. The number of hydrogen-bond acceptors (Lipinski definition) is 3. The van der Waals surface area contributed by atoms with E-state index in [9.17, 15) is 4.79 Å². The van der Waals surface area contributed by atoms with Crippen LogP contribution in [0.2, 0.25) is 0 Å². The van der Waals surface area contributed by atoms with E-state index in [0.717, 1.165) is 26.3 Å². The Kier molecular flexibility index (Phi) is 4.35. The third-order valence-electron chi connectivity index (χ3n) is 2.59. The lowest BCUT2D eigenvalue weighted by Gasteiger charge is -2.35. The summed E-state index contributed by atoms with van der Waals surface area (Å²) in [5, 5.41) is 2.72. The van der Waals surface area contributed by atoms with Gasteiger partial charge in [-0.3, -0.25) is 9.69 Å². The zero-order chi connectivity index (χ0) is 10.6. The molecule has 4 heteroatoms. The molecule has 0 unspecified atom stereocenters. The third kappa shape index (κ3) is 2.69. The van der Waals surface area contributed by atoms with Crippen molar-refractivity contribution in [1.29, 1.82) is 0 Å². The number of amides is 1. The van der Waals surface area contributed by atoms with E-state index in [4.69, 9.17) is 4.74 Å². The molecule has 0 saturated carbocycles. The van der Waals surface area contributed by atoms with Gasteiger partial charge in [0.2, 0.25) is 5.91 Å². The molecule has 0 spiro atoms. The fraction of sp³-hybridized carbons (Fsp3) is 0.900. The highest BCUT2D eigenvalue weighted by molar-refractivity contribution is 5.81. The maximum absolute atomic E-state index is 11.7. The standard InChI is InChI=1S/C10H20N2O2/c1-8(2)9(10(13)11-3)12-4-6-14-7-5-12/h8-9H,4-7H2,1-3H3,(H,11,13)/t9-/m0/s1. The number of nitrogens with zero attached hydrogens (tertiary/aromatic N) is 1. The first-order chi connectivity index (χ1) is 6.66. The van der Waals surface area contributed by atoms with Gasteiger partial charge < -0.3 is 10.1 Å². The molecule has 0 aromatic heterocycles. The molecule has 0 aliphatic carbocycles. The average Bonchev–Trinajstić information content (AvgIpc) is 2.19. The first-order valence-corrected chi connectivity index (χ1v) is 5.20. The molecule has 1 aliphatic heterocycles. The minimum Gasteiger partial charge on any atom is -0.379 e. The molecule has 82 valence electrons. The molecule has 0 bridgehead atoms. The summed E-state index contributed by atoms with van der Waals surface area (Å²) in [6.45, 7) is 7.34. The predicted molar refractivity (Wildman–Crippen MR) is 55.1 cm³/mol. The Morgan fingerprint density at radius 2 is 1.93 bits per heavy atom. The van der Waals surface area contributed by atoms with E-state index < -0.39 is 0 Å². The van der Waals surface area contributed by atoms with Crippen LogP contribution in [0, 0.1) is 5.92 Å². The quantitative estimate of drug-likeness (QED) is 0.702. The molecule has 1 heterocycles. The lowest BCUT2D eigenvalue weighted by molar-refractivity contribution is -0.129. The number of carbonyl (C=O) groups is 1. The second-order valence-electron chi connectivity index (χ2n) is 3.95. The Morgan fingerprint density at radius 3 is 2.36 bits per heavy atom. The summed E-state index contributed by atoms with van der Waals surface area (Å²) >= 11 is 0. The Balaban J connectivity index is 2.60.